The fourth-order valence-electron chi connectivity index (χ4n) is 2.36. The van der Waals surface area contributed by atoms with Crippen molar-refractivity contribution >= 4 is 27.5 Å². The van der Waals surface area contributed by atoms with Gasteiger partial charge in [0.15, 0.2) is 0 Å². The Bertz CT molecular complexity index is 923. The lowest BCUT2D eigenvalue weighted by Gasteiger charge is -2.09. The van der Waals surface area contributed by atoms with Gasteiger partial charge in [0.2, 0.25) is 0 Å². The fourth-order valence-corrected chi connectivity index (χ4v) is 3.28. The third kappa shape index (κ3) is 2.53. The molecule has 0 radical (unpaired) electrons. The molecule has 2 aromatic heterocycles. The number of hydrogen-bond donors (Lipinski definition) is 1. The minimum absolute atomic E-state index is 0.0610. The summed E-state index contributed by atoms with van der Waals surface area (Å²) in [5.74, 6) is -0.307. The Labute approximate surface area is 130 Å². The molecule has 6 heteroatoms. The number of carboxylic acids is 1. The third-order valence-corrected chi connectivity index (χ3v) is 4.45. The maximum atomic E-state index is 12.6. The molecular formula is C16H14N2O3S. The zero-order valence-electron chi connectivity index (χ0n) is 12.2. The van der Waals surface area contributed by atoms with E-state index in [4.69, 9.17) is 5.11 Å². The van der Waals surface area contributed by atoms with Crippen LogP contribution in [0, 0.1) is 13.8 Å². The van der Waals surface area contributed by atoms with Gasteiger partial charge in [-0.2, -0.15) is 0 Å². The summed E-state index contributed by atoms with van der Waals surface area (Å²) < 4.78 is 1.62. The number of thiophene rings is 1. The molecule has 5 nitrogen and oxygen atoms in total. The smallest absolute Gasteiger partial charge is 0.335 e. The highest BCUT2D eigenvalue weighted by atomic mass is 32.1. The number of aryl methyl sites for hydroxylation is 2. The van der Waals surface area contributed by atoms with Crippen LogP contribution in [0.3, 0.4) is 0 Å². The summed E-state index contributed by atoms with van der Waals surface area (Å²) in [5.41, 5.74) is 1.03. The molecule has 1 aromatic carbocycles. The Kier molecular flexibility index (Phi) is 3.54. The molecule has 0 aliphatic heterocycles. The molecule has 0 spiro atoms. The van der Waals surface area contributed by atoms with Crippen molar-refractivity contribution in [1.29, 1.82) is 0 Å². The van der Waals surface area contributed by atoms with E-state index >= 15 is 0 Å². The highest BCUT2D eigenvalue weighted by molar-refractivity contribution is 7.18. The third-order valence-electron chi connectivity index (χ3n) is 3.51. The van der Waals surface area contributed by atoms with Crippen LogP contribution in [-0.4, -0.2) is 20.6 Å². The molecule has 0 aliphatic carbocycles. The molecule has 0 saturated heterocycles. The second-order valence-electron chi connectivity index (χ2n) is 5.13. The van der Waals surface area contributed by atoms with Crippen LogP contribution in [0.5, 0.6) is 0 Å². The minimum atomic E-state index is -0.961. The van der Waals surface area contributed by atoms with E-state index in [1.165, 1.54) is 11.3 Å². The van der Waals surface area contributed by atoms with Gasteiger partial charge in [0.05, 0.1) is 17.5 Å². The van der Waals surface area contributed by atoms with E-state index in [2.05, 4.69) is 4.98 Å². The van der Waals surface area contributed by atoms with Crippen molar-refractivity contribution in [1.82, 2.24) is 9.55 Å². The molecule has 0 atom stereocenters. The van der Waals surface area contributed by atoms with Crippen molar-refractivity contribution in [3.05, 3.63) is 62.5 Å². The minimum Gasteiger partial charge on any atom is -0.478 e. The molecule has 0 amide bonds. The first-order valence-electron chi connectivity index (χ1n) is 6.75. The molecule has 0 bridgehead atoms. The maximum absolute atomic E-state index is 12.6. The van der Waals surface area contributed by atoms with Gasteiger partial charge in [-0.3, -0.25) is 9.36 Å². The molecule has 0 aliphatic rings. The van der Waals surface area contributed by atoms with Gasteiger partial charge in [-0.05, 0) is 37.6 Å². The standard InChI is InChI=1S/C16H14N2O3S/c1-9-7-13-14(22-9)17-10(2)18(15(13)19)8-11-3-5-12(6-4-11)16(20)21/h3-7H,8H2,1-2H3,(H,20,21). The van der Waals surface area contributed by atoms with Gasteiger partial charge in [0, 0.05) is 4.88 Å². The van der Waals surface area contributed by atoms with Crippen molar-refractivity contribution in [2.45, 2.75) is 20.4 Å². The van der Waals surface area contributed by atoms with Crippen LogP contribution in [-0.2, 0) is 6.54 Å². The van der Waals surface area contributed by atoms with Crippen molar-refractivity contribution in [3.63, 3.8) is 0 Å². The second kappa shape index (κ2) is 5.38. The molecule has 3 aromatic rings. The van der Waals surface area contributed by atoms with E-state index in [-0.39, 0.29) is 11.1 Å². The molecule has 1 N–H and O–H groups in total. The maximum Gasteiger partial charge on any atom is 0.335 e. The number of aromatic nitrogens is 2. The Morgan fingerprint density at radius 3 is 2.59 bits per heavy atom. The number of hydrogen-bond acceptors (Lipinski definition) is 4. The van der Waals surface area contributed by atoms with Crippen LogP contribution in [0.2, 0.25) is 0 Å². The van der Waals surface area contributed by atoms with E-state index in [1.54, 1.807) is 28.8 Å². The molecule has 112 valence electrons. The predicted molar refractivity (Wildman–Crippen MR) is 85.9 cm³/mol. The highest BCUT2D eigenvalue weighted by Gasteiger charge is 2.11. The van der Waals surface area contributed by atoms with Crippen molar-refractivity contribution in [2.75, 3.05) is 0 Å². The predicted octanol–water partition coefficient (Wildman–Crippen LogP) is 2.82. The Hall–Kier alpha value is -2.47. The SMILES string of the molecule is Cc1cc2c(=O)n(Cc3ccc(C(=O)O)cc3)c(C)nc2s1. The number of carbonyl (C=O) groups is 1. The topological polar surface area (TPSA) is 72.2 Å². The number of benzene rings is 1. The molecule has 22 heavy (non-hydrogen) atoms. The van der Waals surface area contributed by atoms with E-state index in [0.717, 1.165) is 15.3 Å². The average molecular weight is 314 g/mol. The van der Waals surface area contributed by atoms with Gasteiger partial charge in [-0.1, -0.05) is 12.1 Å². The zero-order chi connectivity index (χ0) is 15.9. The van der Waals surface area contributed by atoms with E-state index < -0.39 is 5.97 Å². The second-order valence-corrected chi connectivity index (χ2v) is 6.36. The monoisotopic (exact) mass is 314 g/mol. The van der Waals surface area contributed by atoms with E-state index in [9.17, 15) is 9.59 Å². The zero-order valence-corrected chi connectivity index (χ0v) is 13.0. The summed E-state index contributed by atoms with van der Waals surface area (Å²) in [6.07, 6.45) is 0. The summed E-state index contributed by atoms with van der Waals surface area (Å²) in [6.45, 7) is 4.14. The summed E-state index contributed by atoms with van der Waals surface area (Å²) in [6, 6.07) is 8.38. The van der Waals surface area contributed by atoms with Gasteiger partial charge in [0.25, 0.3) is 5.56 Å². The Morgan fingerprint density at radius 2 is 1.95 bits per heavy atom. The van der Waals surface area contributed by atoms with E-state index in [0.29, 0.717) is 17.8 Å². The first-order valence-corrected chi connectivity index (χ1v) is 7.57. The fraction of sp³-hybridized carbons (Fsp3) is 0.188. The summed E-state index contributed by atoms with van der Waals surface area (Å²) >= 11 is 1.51. The van der Waals surface area contributed by atoms with Crippen LogP contribution in [0.4, 0.5) is 0 Å². The van der Waals surface area contributed by atoms with E-state index in [1.807, 2.05) is 19.9 Å². The average Bonchev–Trinajstić information content (AvgIpc) is 2.84. The highest BCUT2D eigenvalue weighted by Crippen LogP contribution is 2.20. The number of nitrogens with zero attached hydrogens (tertiary/aromatic N) is 2. The molecule has 0 unspecified atom stereocenters. The van der Waals surface area contributed by atoms with Crippen LogP contribution in [0.25, 0.3) is 10.2 Å². The quantitative estimate of drug-likeness (QED) is 0.807. The lowest BCUT2D eigenvalue weighted by molar-refractivity contribution is 0.0697. The Balaban J connectivity index is 2.03. The van der Waals surface area contributed by atoms with Crippen LogP contribution in [0.15, 0.2) is 35.1 Å². The number of aromatic carboxylic acids is 1. The van der Waals surface area contributed by atoms with Gasteiger partial charge in [-0.25, -0.2) is 9.78 Å². The lowest BCUT2D eigenvalue weighted by atomic mass is 10.1. The van der Waals surface area contributed by atoms with Crippen molar-refractivity contribution < 1.29 is 9.90 Å². The molecule has 2 heterocycles. The number of carboxylic acid groups (broad SMARTS) is 1. The van der Waals surface area contributed by atoms with Gasteiger partial charge in [0.1, 0.15) is 10.7 Å². The lowest BCUT2D eigenvalue weighted by Crippen LogP contribution is -2.23. The van der Waals surface area contributed by atoms with Gasteiger partial charge < -0.3 is 5.11 Å². The van der Waals surface area contributed by atoms with Gasteiger partial charge in [-0.15, -0.1) is 11.3 Å². The van der Waals surface area contributed by atoms with Crippen LogP contribution < -0.4 is 5.56 Å². The molecule has 3 rings (SSSR count). The normalized spacial score (nSPS) is 11.0. The van der Waals surface area contributed by atoms with Gasteiger partial charge >= 0.3 is 5.97 Å². The number of rotatable bonds is 3. The van der Waals surface area contributed by atoms with Crippen LogP contribution >= 0.6 is 11.3 Å². The van der Waals surface area contributed by atoms with Crippen LogP contribution in [0.1, 0.15) is 26.6 Å². The summed E-state index contributed by atoms with van der Waals surface area (Å²) in [5, 5.41) is 9.54. The summed E-state index contributed by atoms with van der Waals surface area (Å²) in [7, 11) is 0. The first-order chi connectivity index (χ1) is 10.5. The largest absolute Gasteiger partial charge is 0.478 e. The first kappa shape index (κ1) is 14.5. The Morgan fingerprint density at radius 1 is 1.27 bits per heavy atom. The molecular weight excluding hydrogens is 300 g/mol. The van der Waals surface area contributed by atoms with Crippen molar-refractivity contribution in [3.8, 4) is 0 Å². The number of fused-ring (bicyclic) bond motifs is 1. The van der Waals surface area contributed by atoms with Crippen molar-refractivity contribution in [2.24, 2.45) is 0 Å². The molecule has 0 fully saturated rings. The molecule has 0 saturated carbocycles. The summed E-state index contributed by atoms with van der Waals surface area (Å²) in [4.78, 5) is 29.7.